The Morgan fingerprint density at radius 2 is 2.21 bits per heavy atom. The number of hydrogen-bond donors (Lipinski definition) is 2. The number of anilines is 1. The van der Waals surface area contributed by atoms with Gasteiger partial charge in [0.2, 0.25) is 5.91 Å². The third kappa shape index (κ3) is 2.65. The van der Waals surface area contributed by atoms with Gasteiger partial charge in [0.1, 0.15) is 6.04 Å². The molecule has 4 heteroatoms. The van der Waals surface area contributed by atoms with Crippen LogP contribution in [0.4, 0.5) is 5.69 Å². The smallest absolute Gasteiger partial charge is 0.246 e. The Hall–Kier alpha value is -1.39. The van der Waals surface area contributed by atoms with E-state index in [2.05, 4.69) is 18.3 Å². The number of amides is 1. The van der Waals surface area contributed by atoms with Crippen LogP contribution in [0, 0.1) is 6.92 Å². The van der Waals surface area contributed by atoms with Gasteiger partial charge in [0.05, 0.1) is 6.61 Å². The molecule has 0 bridgehead atoms. The molecule has 1 saturated heterocycles. The predicted octanol–water partition coefficient (Wildman–Crippen LogP) is 1.24. The second-order valence-corrected chi connectivity index (χ2v) is 5.19. The number of aryl methyl sites for hydroxylation is 2. The fourth-order valence-corrected chi connectivity index (χ4v) is 2.74. The minimum atomic E-state index is -0.493. The summed E-state index contributed by atoms with van der Waals surface area (Å²) in [4.78, 5) is 14.3. The molecule has 0 spiro atoms. The molecule has 2 unspecified atom stereocenters. The highest BCUT2D eigenvalue weighted by Crippen LogP contribution is 2.28. The number of aliphatic hydroxyl groups excluding tert-OH is 1. The summed E-state index contributed by atoms with van der Waals surface area (Å²) in [6.07, 6.45) is 0.895. The maximum atomic E-state index is 12.4. The monoisotopic (exact) mass is 262 g/mol. The Balaban J connectivity index is 2.42. The molecule has 104 valence electrons. The molecule has 2 N–H and O–H groups in total. The molecule has 1 aliphatic rings. The molecule has 1 aromatic carbocycles. The van der Waals surface area contributed by atoms with E-state index in [1.54, 1.807) is 0 Å². The van der Waals surface area contributed by atoms with E-state index in [1.165, 1.54) is 5.56 Å². The maximum absolute atomic E-state index is 12.4. The Bertz CT molecular complexity index is 473. The number of nitrogens with one attached hydrogen (secondary N) is 1. The number of benzene rings is 1. The van der Waals surface area contributed by atoms with E-state index < -0.39 is 6.04 Å². The average molecular weight is 262 g/mol. The summed E-state index contributed by atoms with van der Waals surface area (Å²) in [5.41, 5.74) is 3.31. The number of aliphatic hydroxyl groups is 1. The summed E-state index contributed by atoms with van der Waals surface area (Å²) in [5.74, 6) is -0.0374. The number of carbonyl (C=O) groups excluding carboxylic acids is 1. The molecule has 1 aliphatic heterocycles. The number of rotatable bonds is 3. The van der Waals surface area contributed by atoms with Crippen molar-refractivity contribution in [3.05, 3.63) is 29.3 Å². The molecule has 0 saturated carbocycles. The van der Waals surface area contributed by atoms with Gasteiger partial charge in [-0.05, 0) is 31.4 Å². The first-order valence-corrected chi connectivity index (χ1v) is 6.85. The first kappa shape index (κ1) is 14.0. The van der Waals surface area contributed by atoms with E-state index in [-0.39, 0.29) is 18.6 Å². The van der Waals surface area contributed by atoms with Crippen LogP contribution in [0.15, 0.2) is 18.2 Å². The zero-order valence-corrected chi connectivity index (χ0v) is 11.8. The van der Waals surface area contributed by atoms with Gasteiger partial charge in [0.15, 0.2) is 0 Å². The highest BCUT2D eigenvalue weighted by Gasteiger charge is 2.33. The summed E-state index contributed by atoms with van der Waals surface area (Å²) in [5, 5.41) is 12.5. The van der Waals surface area contributed by atoms with Gasteiger partial charge in [-0.1, -0.05) is 25.1 Å². The van der Waals surface area contributed by atoms with Crippen molar-refractivity contribution in [2.24, 2.45) is 0 Å². The van der Waals surface area contributed by atoms with Gasteiger partial charge in [-0.3, -0.25) is 10.1 Å². The Morgan fingerprint density at radius 3 is 2.84 bits per heavy atom. The lowest BCUT2D eigenvalue weighted by Gasteiger charge is -2.38. The molecule has 1 amide bonds. The third-order valence-corrected chi connectivity index (χ3v) is 3.66. The van der Waals surface area contributed by atoms with Crippen LogP contribution in [0.5, 0.6) is 0 Å². The second-order valence-electron chi connectivity index (χ2n) is 5.19. The van der Waals surface area contributed by atoms with Crippen molar-refractivity contribution in [3.8, 4) is 0 Å². The summed E-state index contributed by atoms with van der Waals surface area (Å²) >= 11 is 0. The molecule has 2 rings (SSSR count). The van der Waals surface area contributed by atoms with Gasteiger partial charge in [-0.2, -0.15) is 0 Å². The Labute approximate surface area is 114 Å². The van der Waals surface area contributed by atoms with Crippen molar-refractivity contribution >= 4 is 11.6 Å². The summed E-state index contributed by atoms with van der Waals surface area (Å²) in [6, 6.07) is 5.81. The molecule has 0 aromatic heterocycles. The normalized spacial score (nSPS) is 23.8. The van der Waals surface area contributed by atoms with Gasteiger partial charge < -0.3 is 10.0 Å². The zero-order chi connectivity index (χ0) is 14.0. The summed E-state index contributed by atoms with van der Waals surface area (Å²) in [7, 11) is 0. The molecule has 1 heterocycles. The van der Waals surface area contributed by atoms with Crippen LogP contribution in [-0.4, -0.2) is 36.2 Å². The molecule has 19 heavy (non-hydrogen) atoms. The van der Waals surface area contributed by atoms with Crippen molar-refractivity contribution in [2.75, 3.05) is 18.1 Å². The molecule has 2 atom stereocenters. The summed E-state index contributed by atoms with van der Waals surface area (Å²) in [6.45, 7) is 6.65. The van der Waals surface area contributed by atoms with Crippen LogP contribution in [0.3, 0.4) is 0 Å². The molecule has 1 fully saturated rings. The number of para-hydroxylation sites is 1. The van der Waals surface area contributed by atoms with Crippen molar-refractivity contribution in [1.29, 1.82) is 0 Å². The van der Waals surface area contributed by atoms with E-state index in [0.29, 0.717) is 6.54 Å². The van der Waals surface area contributed by atoms with Crippen LogP contribution in [0.25, 0.3) is 0 Å². The van der Waals surface area contributed by atoms with Gasteiger partial charge in [-0.15, -0.1) is 0 Å². The van der Waals surface area contributed by atoms with E-state index >= 15 is 0 Å². The van der Waals surface area contributed by atoms with Crippen molar-refractivity contribution in [2.45, 2.75) is 39.3 Å². The lowest BCUT2D eigenvalue weighted by molar-refractivity contribution is -0.123. The van der Waals surface area contributed by atoms with Gasteiger partial charge in [0.25, 0.3) is 0 Å². The first-order chi connectivity index (χ1) is 9.08. The van der Waals surface area contributed by atoms with Crippen LogP contribution in [-0.2, 0) is 11.2 Å². The summed E-state index contributed by atoms with van der Waals surface area (Å²) < 4.78 is 0. The molecule has 4 nitrogen and oxygen atoms in total. The number of hydrogen-bond acceptors (Lipinski definition) is 3. The molecule has 0 radical (unpaired) electrons. The van der Waals surface area contributed by atoms with Gasteiger partial charge in [0, 0.05) is 18.3 Å². The SMILES string of the molecule is CCc1cccc(C)c1N1CC(C)NC(CO)C1=O. The fourth-order valence-electron chi connectivity index (χ4n) is 2.74. The largest absolute Gasteiger partial charge is 0.394 e. The highest BCUT2D eigenvalue weighted by molar-refractivity contribution is 5.99. The average Bonchev–Trinajstić information content (AvgIpc) is 2.41. The lowest BCUT2D eigenvalue weighted by Crippen LogP contribution is -2.61. The van der Waals surface area contributed by atoms with Crippen LogP contribution in [0.2, 0.25) is 0 Å². The van der Waals surface area contributed by atoms with E-state index in [4.69, 9.17) is 0 Å². The van der Waals surface area contributed by atoms with Crippen molar-refractivity contribution in [1.82, 2.24) is 5.32 Å². The quantitative estimate of drug-likeness (QED) is 0.862. The second kappa shape index (κ2) is 5.72. The first-order valence-electron chi connectivity index (χ1n) is 6.85. The number of carbonyl (C=O) groups is 1. The van der Waals surface area contributed by atoms with E-state index in [1.807, 2.05) is 30.9 Å². The Kier molecular flexibility index (Phi) is 4.22. The minimum Gasteiger partial charge on any atom is -0.394 e. The standard InChI is InChI=1S/C15H22N2O2/c1-4-12-7-5-6-10(2)14(12)17-8-11(3)16-13(9-18)15(17)19/h5-7,11,13,16,18H,4,8-9H2,1-3H3. The zero-order valence-electron chi connectivity index (χ0n) is 11.8. The molecular weight excluding hydrogens is 240 g/mol. The van der Waals surface area contributed by atoms with E-state index in [0.717, 1.165) is 17.7 Å². The third-order valence-electron chi connectivity index (χ3n) is 3.66. The van der Waals surface area contributed by atoms with Crippen LogP contribution in [0.1, 0.15) is 25.0 Å². The number of piperazine rings is 1. The highest BCUT2D eigenvalue weighted by atomic mass is 16.3. The van der Waals surface area contributed by atoms with Gasteiger partial charge >= 0.3 is 0 Å². The van der Waals surface area contributed by atoms with Gasteiger partial charge in [-0.25, -0.2) is 0 Å². The Morgan fingerprint density at radius 1 is 1.47 bits per heavy atom. The number of nitrogens with zero attached hydrogens (tertiary/aromatic N) is 1. The topological polar surface area (TPSA) is 52.6 Å². The minimum absolute atomic E-state index is 0.0374. The maximum Gasteiger partial charge on any atom is 0.246 e. The van der Waals surface area contributed by atoms with Crippen LogP contribution < -0.4 is 10.2 Å². The molecule has 1 aromatic rings. The fraction of sp³-hybridized carbons (Fsp3) is 0.533. The van der Waals surface area contributed by atoms with Crippen molar-refractivity contribution in [3.63, 3.8) is 0 Å². The lowest BCUT2D eigenvalue weighted by atomic mass is 10.0. The predicted molar refractivity (Wildman–Crippen MR) is 76.4 cm³/mol. The van der Waals surface area contributed by atoms with E-state index in [9.17, 15) is 9.90 Å². The van der Waals surface area contributed by atoms with Crippen LogP contribution >= 0.6 is 0 Å². The molecule has 0 aliphatic carbocycles. The van der Waals surface area contributed by atoms with Crippen molar-refractivity contribution < 1.29 is 9.90 Å². The molecular formula is C15H22N2O2.